The third-order valence-electron chi connectivity index (χ3n) is 5.36. The highest BCUT2D eigenvalue weighted by Crippen LogP contribution is 2.37. The number of thiocarbonyl (C=S) groups is 1. The van der Waals surface area contributed by atoms with Gasteiger partial charge in [-0.2, -0.15) is 0 Å². The molecule has 4 rings (SSSR count). The molecule has 0 radical (unpaired) electrons. The van der Waals surface area contributed by atoms with Crippen molar-refractivity contribution in [2.75, 3.05) is 23.9 Å². The number of carbonyl (C=O) groups is 3. The molecule has 188 valence electrons. The van der Waals surface area contributed by atoms with E-state index in [1.807, 2.05) is 25.1 Å². The van der Waals surface area contributed by atoms with Crippen molar-refractivity contribution >= 4 is 68.4 Å². The molecule has 0 unspecified atom stereocenters. The maximum atomic E-state index is 13.2. The fourth-order valence-electron chi connectivity index (χ4n) is 3.57. The minimum Gasteiger partial charge on any atom is -0.493 e. The Hall–Kier alpha value is -4.02. The van der Waals surface area contributed by atoms with E-state index in [2.05, 4.69) is 26.6 Å². The van der Waals surface area contributed by atoms with Crippen LogP contribution in [0.15, 0.2) is 76.8 Å². The number of nitrogens with zero attached hydrogens (tertiary/aromatic N) is 1. The van der Waals surface area contributed by atoms with Crippen LogP contribution in [0.3, 0.4) is 0 Å². The molecule has 0 saturated carbocycles. The maximum absolute atomic E-state index is 13.2. The molecule has 0 aliphatic carbocycles. The Morgan fingerprint density at radius 3 is 2.49 bits per heavy atom. The Labute approximate surface area is 227 Å². The number of hydrogen-bond donors (Lipinski definition) is 2. The lowest BCUT2D eigenvalue weighted by atomic mass is 10.1. The van der Waals surface area contributed by atoms with Gasteiger partial charge in [0.05, 0.1) is 17.3 Å². The highest BCUT2D eigenvalue weighted by molar-refractivity contribution is 9.10. The normalized spacial score (nSPS) is 14.4. The molecule has 3 aromatic carbocycles. The standard InChI is InChI=1S/C27H22BrN3O5S/c1-16-8-10-18(11-9-16)29-23(32)15-36-24-21(28)13-17(14-22(24)35-2)12-20-25(33)30-27(37)31(26(20)34)19-6-4-3-5-7-19/h3-14H,15H2,1-2H3,(H,29,32)(H,30,33,37)/b20-12-. The number of aryl methyl sites for hydroxylation is 1. The summed E-state index contributed by atoms with van der Waals surface area (Å²) in [5.41, 5.74) is 2.68. The summed E-state index contributed by atoms with van der Waals surface area (Å²) < 4.78 is 11.6. The number of para-hydroxylation sites is 1. The van der Waals surface area contributed by atoms with Crippen LogP contribution in [0.25, 0.3) is 6.08 Å². The highest BCUT2D eigenvalue weighted by Gasteiger charge is 2.34. The SMILES string of the molecule is COc1cc(/C=C2/C(=O)NC(=S)N(c3ccccc3)C2=O)cc(Br)c1OCC(=O)Nc1ccc(C)cc1. The average molecular weight is 580 g/mol. The van der Waals surface area contributed by atoms with E-state index in [4.69, 9.17) is 21.7 Å². The van der Waals surface area contributed by atoms with Gasteiger partial charge in [-0.15, -0.1) is 0 Å². The molecule has 0 bridgehead atoms. The predicted molar refractivity (Wildman–Crippen MR) is 149 cm³/mol. The number of ether oxygens (including phenoxy) is 2. The van der Waals surface area contributed by atoms with Crippen LogP contribution in [0.1, 0.15) is 11.1 Å². The van der Waals surface area contributed by atoms with E-state index in [0.717, 1.165) is 5.56 Å². The molecule has 3 aromatic rings. The Bertz CT molecular complexity index is 1410. The van der Waals surface area contributed by atoms with Crippen LogP contribution in [0.2, 0.25) is 0 Å². The summed E-state index contributed by atoms with van der Waals surface area (Å²) in [5, 5.41) is 5.33. The van der Waals surface area contributed by atoms with Crippen molar-refractivity contribution in [2.24, 2.45) is 0 Å². The quantitative estimate of drug-likeness (QED) is 0.241. The Balaban J connectivity index is 1.54. The lowest BCUT2D eigenvalue weighted by Crippen LogP contribution is -2.54. The van der Waals surface area contributed by atoms with Crippen LogP contribution in [-0.4, -0.2) is 36.6 Å². The van der Waals surface area contributed by atoms with Crippen molar-refractivity contribution < 1.29 is 23.9 Å². The molecule has 0 atom stereocenters. The van der Waals surface area contributed by atoms with Gasteiger partial charge in [0.15, 0.2) is 23.2 Å². The molecule has 1 aliphatic rings. The minimum atomic E-state index is -0.606. The molecule has 0 spiro atoms. The molecule has 8 nitrogen and oxygen atoms in total. The number of rotatable bonds is 7. The number of benzene rings is 3. The third-order valence-corrected chi connectivity index (χ3v) is 6.24. The van der Waals surface area contributed by atoms with E-state index in [1.165, 1.54) is 18.1 Å². The van der Waals surface area contributed by atoms with Crippen LogP contribution in [0.4, 0.5) is 11.4 Å². The van der Waals surface area contributed by atoms with Crippen molar-refractivity contribution in [3.8, 4) is 11.5 Å². The molecule has 10 heteroatoms. The van der Waals surface area contributed by atoms with Crippen molar-refractivity contribution in [1.82, 2.24) is 5.32 Å². The summed E-state index contributed by atoms with van der Waals surface area (Å²) in [6, 6.07) is 19.5. The third kappa shape index (κ3) is 6.04. The number of anilines is 2. The van der Waals surface area contributed by atoms with Gasteiger partial charge < -0.3 is 14.8 Å². The zero-order valence-electron chi connectivity index (χ0n) is 19.9. The summed E-state index contributed by atoms with van der Waals surface area (Å²) in [7, 11) is 1.45. The zero-order valence-corrected chi connectivity index (χ0v) is 22.3. The van der Waals surface area contributed by atoms with Crippen LogP contribution in [0.5, 0.6) is 11.5 Å². The largest absolute Gasteiger partial charge is 0.493 e. The second-order valence-electron chi connectivity index (χ2n) is 8.03. The first-order valence-electron chi connectivity index (χ1n) is 11.1. The van der Waals surface area contributed by atoms with Gasteiger partial charge >= 0.3 is 0 Å². The van der Waals surface area contributed by atoms with Gasteiger partial charge in [-0.05, 0) is 83.1 Å². The maximum Gasteiger partial charge on any atom is 0.270 e. The van der Waals surface area contributed by atoms with Gasteiger partial charge in [-0.3, -0.25) is 24.6 Å². The number of amides is 3. The van der Waals surface area contributed by atoms with E-state index < -0.39 is 11.8 Å². The van der Waals surface area contributed by atoms with Crippen LogP contribution < -0.4 is 25.0 Å². The van der Waals surface area contributed by atoms with Gasteiger partial charge in [-0.1, -0.05) is 35.9 Å². The highest BCUT2D eigenvalue weighted by atomic mass is 79.9. The second kappa shape index (κ2) is 11.4. The topological polar surface area (TPSA) is 97.0 Å². The van der Waals surface area contributed by atoms with Gasteiger partial charge in [0, 0.05) is 5.69 Å². The minimum absolute atomic E-state index is 0.00442. The van der Waals surface area contributed by atoms with Crippen molar-refractivity contribution in [3.05, 3.63) is 87.9 Å². The summed E-state index contributed by atoms with van der Waals surface area (Å²) in [4.78, 5) is 39.4. The van der Waals surface area contributed by atoms with E-state index in [9.17, 15) is 14.4 Å². The first kappa shape index (κ1) is 26.1. The molecule has 1 saturated heterocycles. The molecular weight excluding hydrogens is 558 g/mol. The van der Waals surface area contributed by atoms with Gasteiger partial charge in [0.25, 0.3) is 17.7 Å². The van der Waals surface area contributed by atoms with E-state index >= 15 is 0 Å². The fourth-order valence-corrected chi connectivity index (χ4v) is 4.43. The van der Waals surface area contributed by atoms with E-state index in [1.54, 1.807) is 48.5 Å². The van der Waals surface area contributed by atoms with Crippen LogP contribution >= 0.6 is 28.1 Å². The smallest absolute Gasteiger partial charge is 0.270 e. The Morgan fingerprint density at radius 2 is 1.81 bits per heavy atom. The van der Waals surface area contributed by atoms with Gasteiger partial charge in [0.2, 0.25) is 0 Å². The van der Waals surface area contributed by atoms with Gasteiger partial charge in [0.1, 0.15) is 5.57 Å². The van der Waals surface area contributed by atoms with Crippen molar-refractivity contribution in [2.45, 2.75) is 6.92 Å². The molecule has 3 amide bonds. The average Bonchev–Trinajstić information content (AvgIpc) is 2.87. The predicted octanol–water partition coefficient (Wildman–Crippen LogP) is 4.61. The van der Waals surface area contributed by atoms with Crippen molar-refractivity contribution in [1.29, 1.82) is 0 Å². The number of halogens is 1. The number of methoxy groups -OCH3 is 1. The lowest BCUT2D eigenvalue weighted by molar-refractivity contribution is -0.122. The molecule has 2 N–H and O–H groups in total. The Morgan fingerprint density at radius 1 is 1.11 bits per heavy atom. The molecule has 0 aromatic heterocycles. The van der Waals surface area contributed by atoms with E-state index in [-0.39, 0.29) is 23.2 Å². The van der Waals surface area contributed by atoms with Gasteiger partial charge in [-0.25, -0.2) is 0 Å². The molecule has 1 heterocycles. The number of nitrogens with one attached hydrogen (secondary N) is 2. The van der Waals surface area contributed by atoms with Crippen LogP contribution in [-0.2, 0) is 14.4 Å². The molecule has 1 aliphatic heterocycles. The lowest BCUT2D eigenvalue weighted by Gasteiger charge is -2.28. The number of carbonyl (C=O) groups excluding carboxylic acids is 3. The number of hydrogen-bond acceptors (Lipinski definition) is 6. The summed E-state index contributed by atoms with van der Waals surface area (Å²) in [6.07, 6.45) is 1.44. The summed E-state index contributed by atoms with van der Waals surface area (Å²) in [5.74, 6) is -0.891. The van der Waals surface area contributed by atoms with Crippen LogP contribution in [0, 0.1) is 6.92 Å². The Kier molecular flexibility index (Phi) is 8.00. The van der Waals surface area contributed by atoms with E-state index in [0.29, 0.717) is 32.9 Å². The molecule has 37 heavy (non-hydrogen) atoms. The first-order valence-corrected chi connectivity index (χ1v) is 12.3. The zero-order chi connectivity index (χ0) is 26.5. The first-order chi connectivity index (χ1) is 17.8. The summed E-state index contributed by atoms with van der Waals surface area (Å²) in [6.45, 7) is 1.70. The summed E-state index contributed by atoms with van der Waals surface area (Å²) >= 11 is 8.66. The fraction of sp³-hybridized carbons (Fsp3) is 0.111. The monoisotopic (exact) mass is 579 g/mol. The van der Waals surface area contributed by atoms with Crippen molar-refractivity contribution in [3.63, 3.8) is 0 Å². The molecule has 1 fully saturated rings. The second-order valence-corrected chi connectivity index (χ2v) is 9.27. The molecular formula is C27H22BrN3O5S.